The normalized spacial score (nSPS) is 13.1. The number of halogens is 6. The smallest absolute Gasteiger partial charge is 0.419 e. The highest BCUT2D eigenvalue weighted by Gasteiger charge is 2.35. The molecule has 3 N–H and O–H groups in total. The number of alkyl halides is 6. The number of benzene rings is 2. The van der Waals surface area contributed by atoms with E-state index in [1.54, 1.807) is 0 Å². The Morgan fingerprint density at radius 3 is 2.29 bits per heavy atom. The van der Waals surface area contributed by atoms with Crippen LogP contribution >= 0.6 is 11.3 Å². The molecule has 1 atom stereocenters. The molecular formula is C24H24F6N2O2S. The van der Waals surface area contributed by atoms with Gasteiger partial charge in [-0.25, -0.2) is 4.98 Å². The van der Waals surface area contributed by atoms with Gasteiger partial charge in [0.1, 0.15) is 10.8 Å². The second kappa shape index (κ2) is 11.4. The number of hydrogen-bond acceptors (Lipinski definition) is 5. The van der Waals surface area contributed by atoms with E-state index in [0.717, 1.165) is 35.1 Å². The van der Waals surface area contributed by atoms with E-state index in [1.165, 1.54) is 30.5 Å². The summed E-state index contributed by atoms with van der Waals surface area (Å²) in [5.41, 5.74) is 5.18. The Kier molecular flexibility index (Phi) is 8.79. The zero-order chi connectivity index (χ0) is 25.6. The zero-order valence-corrected chi connectivity index (χ0v) is 19.3. The summed E-state index contributed by atoms with van der Waals surface area (Å²) < 4.78 is 84.1. The van der Waals surface area contributed by atoms with Crippen molar-refractivity contribution in [3.8, 4) is 16.2 Å². The Hall–Kier alpha value is -2.63. The number of aryl methyl sites for hydroxylation is 1. The van der Waals surface area contributed by atoms with Crippen molar-refractivity contribution in [1.82, 2.24) is 4.98 Å². The molecule has 0 bridgehead atoms. The molecule has 0 fully saturated rings. The number of aliphatic hydroxyl groups is 1. The predicted molar refractivity (Wildman–Crippen MR) is 121 cm³/mol. The van der Waals surface area contributed by atoms with Crippen molar-refractivity contribution in [2.45, 2.75) is 44.1 Å². The van der Waals surface area contributed by atoms with Gasteiger partial charge in [0.25, 0.3) is 0 Å². The average Bonchev–Trinajstić information content (AvgIpc) is 3.30. The van der Waals surface area contributed by atoms with Crippen LogP contribution in [-0.2, 0) is 18.8 Å². The standard InChI is InChI=1S/C24H24F6N2O2S/c25-23(26,27)17-8-5-15(6-9-17)4-2-1-3-11-34-20-10-7-16(12-18(20)24(28,29)30)21-13-32-22(35-21)19(31)14-33/h5-10,12-13,19,33H,1-4,11,14,31H2. The molecule has 2 aromatic carbocycles. The van der Waals surface area contributed by atoms with Crippen LogP contribution in [0, 0.1) is 0 Å². The number of thiazole rings is 1. The molecule has 0 spiro atoms. The lowest BCUT2D eigenvalue weighted by Gasteiger charge is -2.15. The number of aromatic nitrogens is 1. The van der Waals surface area contributed by atoms with Crippen LogP contribution in [0.15, 0.2) is 48.7 Å². The van der Waals surface area contributed by atoms with Gasteiger partial charge in [-0.3, -0.25) is 0 Å². The number of aliphatic hydroxyl groups excluding tert-OH is 1. The van der Waals surface area contributed by atoms with Crippen LogP contribution in [0.3, 0.4) is 0 Å². The summed E-state index contributed by atoms with van der Waals surface area (Å²) in [6.45, 7) is -0.247. The van der Waals surface area contributed by atoms with Gasteiger partial charge in [0.2, 0.25) is 0 Å². The van der Waals surface area contributed by atoms with Gasteiger partial charge in [-0.1, -0.05) is 12.1 Å². The molecule has 4 nitrogen and oxygen atoms in total. The topological polar surface area (TPSA) is 68.4 Å². The van der Waals surface area contributed by atoms with Crippen LogP contribution in [0.25, 0.3) is 10.4 Å². The van der Waals surface area contributed by atoms with E-state index >= 15 is 0 Å². The third kappa shape index (κ3) is 7.42. The molecule has 0 amide bonds. The minimum Gasteiger partial charge on any atom is -0.493 e. The van der Waals surface area contributed by atoms with E-state index in [0.29, 0.717) is 41.1 Å². The maximum absolute atomic E-state index is 13.6. The lowest BCUT2D eigenvalue weighted by Crippen LogP contribution is -2.13. The molecule has 1 aromatic heterocycles. The van der Waals surface area contributed by atoms with Gasteiger partial charge in [0, 0.05) is 6.20 Å². The van der Waals surface area contributed by atoms with Crippen molar-refractivity contribution in [3.05, 3.63) is 70.4 Å². The molecule has 1 unspecified atom stereocenters. The molecule has 0 aliphatic carbocycles. The van der Waals surface area contributed by atoms with E-state index < -0.39 is 29.5 Å². The van der Waals surface area contributed by atoms with Gasteiger partial charge in [0.05, 0.1) is 35.3 Å². The third-order valence-corrected chi connectivity index (χ3v) is 6.43. The second-order valence-corrected chi connectivity index (χ2v) is 8.98. The average molecular weight is 519 g/mol. The fraction of sp³-hybridized carbons (Fsp3) is 0.375. The van der Waals surface area contributed by atoms with Crippen molar-refractivity contribution in [2.24, 2.45) is 5.73 Å². The Morgan fingerprint density at radius 1 is 0.943 bits per heavy atom. The Morgan fingerprint density at radius 2 is 1.66 bits per heavy atom. The molecule has 0 aliphatic heterocycles. The first kappa shape index (κ1) is 27.0. The summed E-state index contributed by atoms with van der Waals surface area (Å²) in [7, 11) is 0. The Bertz CT molecular complexity index is 1100. The van der Waals surface area contributed by atoms with Crippen molar-refractivity contribution in [3.63, 3.8) is 0 Å². The molecule has 0 saturated heterocycles. The third-order valence-electron chi connectivity index (χ3n) is 5.26. The number of nitrogens with two attached hydrogens (primary N) is 1. The number of ether oxygens (including phenoxy) is 1. The Balaban J connectivity index is 1.54. The fourth-order valence-electron chi connectivity index (χ4n) is 3.35. The lowest BCUT2D eigenvalue weighted by molar-refractivity contribution is -0.139. The van der Waals surface area contributed by atoms with Gasteiger partial charge in [-0.05, 0) is 67.1 Å². The predicted octanol–water partition coefficient (Wildman–Crippen LogP) is 6.63. The summed E-state index contributed by atoms with van der Waals surface area (Å²) in [5, 5.41) is 9.55. The molecule has 11 heteroatoms. The van der Waals surface area contributed by atoms with Crippen LogP contribution < -0.4 is 10.5 Å². The lowest BCUT2D eigenvalue weighted by atomic mass is 10.1. The maximum Gasteiger partial charge on any atom is 0.419 e. The van der Waals surface area contributed by atoms with Crippen LogP contribution in [0.5, 0.6) is 5.75 Å². The van der Waals surface area contributed by atoms with Gasteiger partial charge < -0.3 is 15.6 Å². The number of rotatable bonds is 10. The summed E-state index contributed by atoms with van der Waals surface area (Å²) in [4.78, 5) is 4.55. The minimum absolute atomic E-state index is 0.0749. The van der Waals surface area contributed by atoms with Gasteiger partial charge in [-0.2, -0.15) is 26.3 Å². The second-order valence-electron chi connectivity index (χ2n) is 7.91. The molecule has 0 saturated carbocycles. The highest BCUT2D eigenvalue weighted by Crippen LogP contribution is 2.40. The summed E-state index contributed by atoms with van der Waals surface area (Å²) in [6, 6.07) is 8.02. The molecule has 3 rings (SSSR count). The molecule has 0 radical (unpaired) electrons. The van der Waals surface area contributed by atoms with Crippen LogP contribution in [-0.4, -0.2) is 23.3 Å². The van der Waals surface area contributed by atoms with E-state index in [4.69, 9.17) is 15.6 Å². The largest absolute Gasteiger partial charge is 0.493 e. The molecular weight excluding hydrogens is 494 g/mol. The molecule has 0 aliphatic rings. The summed E-state index contributed by atoms with van der Waals surface area (Å²) in [5.74, 6) is -0.277. The first-order chi connectivity index (χ1) is 16.5. The van der Waals surface area contributed by atoms with Gasteiger partial charge >= 0.3 is 12.4 Å². The molecule has 35 heavy (non-hydrogen) atoms. The molecule has 1 heterocycles. The quantitative estimate of drug-likeness (QED) is 0.234. The summed E-state index contributed by atoms with van der Waals surface area (Å²) in [6.07, 6.45) is -5.20. The monoisotopic (exact) mass is 518 g/mol. The summed E-state index contributed by atoms with van der Waals surface area (Å²) >= 11 is 1.11. The van der Waals surface area contributed by atoms with Crippen molar-refractivity contribution >= 4 is 11.3 Å². The SMILES string of the molecule is NC(CO)c1ncc(-c2ccc(OCCCCCc3ccc(C(F)(F)F)cc3)c(C(F)(F)F)c2)s1. The van der Waals surface area contributed by atoms with E-state index in [1.807, 2.05) is 0 Å². The van der Waals surface area contributed by atoms with Crippen molar-refractivity contribution in [1.29, 1.82) is 0 Å². The van der Waals surface area contributed by atoms with Gasteiger partial charge in [0.15, 0.2) is 0 Å². The minimum atomic E-state index is -4.62. The highest BCUT2D eigenvalue weighted by atomic mass is 32.1. The van der Waals surface area contributed by atoms with E-state index in [-0.39, 0.29) is 19.0 Å². The zero-order valence-electron chi connectivity index (χ0n) is 18.5. The fourth-order valence-corrected chi connectivity index (χ4v) is 4.26. The van der Waals surface area contributed by atoms with Gasteiger partial charge in [-0.15, -0.1) is 11.3 Å². The van der Waals surface area contributed by atoms with Crippen LogP contribution in [0.2, 0.25) is 0 Å². The first-order valence-corrected chi connectivity index (χ1v) is 11.6. The molecule has 190 valence electrons. The maximum atomic E-state index is 13.6. The van der Waals surface area contributed by atoms with E-state index in [9.17, 15) is 26.3 Å². The van der Waals surface area contributed by atoms with E-state index in [2.05, 4.69) is 4.98 Å². The Labute approximate surface area is 202 Å². The number of unbranched alkanes of at least 4 members (excludes halogenated alkanes) is 2. The van der Waals surface area contributed by atoms with Crippen molar-refractivity contribution in [2.75, 3.05) is 13.2 Å². The van der Waals surface area contributed by atoms with Crippen molar-refractivity contribution < 1.29 is 36.2 Å². The van der Waals surface area contributed by atoms with Crippen LogP contribution in [0.1, 0.15) is 47.0 Å². The highest BCUT2D eigenvalue weighted by molar-refractivity contribution is 7.15. The number of nitrogens with zero attached hydrogens (tertiary/aromatic N) is 1. The van der Waals surface area contributed by atoms with Crippen LogP contribution in [0.4, 0.5) is 26.3 Å². The number of hydrogen-bond donors (Lipinski definition) is 2. The molecule has 3 aromatic rings. The first-order valence-electron chi connectivity index (χ1n) is 10.8.